The maximum absolute atomic E-state index is 5.33. The van der Waals surface area contributed by atoms with Gasteiger partial charge in [-0.05, 0) is 186 Å². The van der Waals surface area contributed by atoms with Gasteiger partial charge in [0.05, 0.1) is 101 Å². The zero-order chi connectivity index (χ0) is 94.7. The molecule has 0 radical (unpaired) electrons. The van der Waals surface area contributed by atoms with Crippen LogP contribution in [0.4, 0.5) is 0 Å². The molecule has 12 nitrogen and oxygen atoms in total. The van der Waals surface area contributed by atoms with Crippen LogP contribution in [0.2, 0.25) is 0 Å². The van der Waals surface area contributed by atoms with E-state index in [0.717, 1.165) is 142 Å². The standard InChI is InChI=1S/C47H31N3.C45H29N5.C39H32N4/c1-3-13-34(14-4-1)42-31-41-40-19-9-12-22-45(40)50(47(41)46(48-42)35-15-5-2-6-16-35)37-29-25-33(26-30-37)32-23-27-36(28-24-32)49-43-20-10-7-17-38(43)39-18-8-11-21-44(39)49;1-3-13-31(14-4-1)39-27-38-37-19-9-12-22-42(37)50(44(38)43(48-39)32-15-5-2-6-16-32)45-46-28-33(29-47-45)30-23-25-34(26-24-30)49-40-20-10-7-17-35(40)36-18-8-11-21-41(36)49;1-8-22-39(23-9-1,29-26-35(33-14-6-10-24-40-33)42-36(27-29)34-15-7-11-25-41-34)28-18-20-30(21-19-28)43-37-16-4-2-12-31(37)32-13-3-5-17-38(32)43/h1-31H;1-29H;2-7,10-21,24-27H,1,8-9,22-23H2. The number of rotatable bonds is 15. The van der Waals surface area contributed by atoms with Crippen molar-refractivity contribution in [3.8, 4) is 119 Å². The summed E-state index contributed by atoms with van der Waals surface area (Å²) in [6.45, 7) is 0. The lowest BCUT2D eigenvalue weighted by Gasteiger charge is -2.39. The van der Waals surface area contributed by atoms with Crippen LogP contribution in [0, 0.1) is 0 Å². The first kappa shape index (κ1) is 84.8. The number of fused-ring (bicyclic) bond motifs is 15. The highest BCUT2D eigenvalue weighted by Crippen LogP contribution is 2.49. The SMILES string of the molecule is c1ccc(-c2cc(C3(c4ccc(-n5c6ccccc6c6ccccc65)cc4)CCCCC3)cc(-c3ccccn3)n2)nc1.c1ccc(-c2cc3c4ccccc4n(-c4ccc(-c5ccc(-n6c7ccccc7c7ccccc76)cc5)cc4)c3c(-c3ccccc3)n2)cc1.c1ccc(-c2cc3c4ccccc4n(-c4ncc(-c5ccc(-n6c7ccccc7c7ccccc76)cc5)cn4)c3c(-c3ccccc3)n2)cc1. The van der Waals surface area contributed by atoms with Gasteiger partial charge in [-0.25, -0.2) is 24.9 Å². The van der Waals surface area contributed by atoms with Gasteiger partial charge in [0.1, 0.15) is 0 Å². The fourth-order valence-electron chi connectivity index (χ4n) is 22.1. The minimum Gasteiger partial charge on any atom is -0.309 e. The van der Waals surface area contributed by atoms with E-state index in [0.29, 0.717) is 5.95 Å². The first-order valence-electron chi connectivity index (χ1n) is 49.1. The zero-order valence-corrected chi connectivity index (χ0v) is 78.2. The second kappa shape index (κ2) is 36.4. The van der Waals surface area contributed by atoms with Crippen LogP contribution in [0.15, 0.2) is 498 Å². The van der Waals surface area contributed by atoms with Crippen LogP contribution in [-0.4, -0.2) is 57.7 Å². The van der Waals surface area contributed by atoms with E-state index in [2.05, 4.69) is 457 Å². The molecule has 0 atom stereocenters. The number of hydrogen-bond donors (Lipinski definition) is 0. The molecule has 143 heavy (non-hydrogen) atoms. The molecule has 27 aromatic rings. The van der Waals surface area contributed by atoms with Gasteiger partial charge in [0.25, 0.3) is 0 Å². The number of aromatic nitrogens is 12. The largest absolute Gasteiger partial charge is 0.309 e. The number of hydrogen-bond acceptors (Lipinski definition) is 7. The van der Waals surface area contributed by atoms with E-state index >= 15 is 0 Å². The summed E-state index contributed by atoms with van der Waals surface area (Å²) in [6.07, 6.45) is 13.4. The van der Waals surface area contributed by atoms with Crippen molar-refractivity contribution in [3.63, 3.8) is 0 Å². The fraction of sp³-hybridized carbons (Fsp3) is 0.0458. The Labute approximate surface area is 826 Å². The molecule has 28 rings (SSSR count). The summed E-state index contributed by atoms with van der Waals surface area (Å²) in [5.74, 6) is 0.605. The molecule has 0 N–H and O–H groups in total. The van der Waals surface area contributed by atoms with Crippen LogP contribution >= 0.6 is 0 Å². The van der Waals surface area contributed by atoms with Crippen LogP contribution in [0.3, 0.4) is 0 Å². The normalized spacial score (nSPS) is 12.5. The van der Waals surface area contributed by atoms with Gasteiger partial charge in [-0.2, -0.15) is 0 Å². The quantitative estimate of drug-likeness (QED) is 0.100. The highest BCUT2D eigenvalue weighted by Gasteiger charge is 2.38. The molecule has 1 fully saturated rings. The number of nitrogens with zero attached hydrogens (tertiary/aromatic N) is 12. The minimum absolute atomic E-state index is 0.104. The van der Waals surface area contributed by atoms with Crippen LogP contribution < -0.4 is 0 Å². The molecule has 1 aliphatic carbocycles. The minimum atomic E-state index is -0.104. The molecule has 0 unspecified atom stereocenters. The molecule has 676 valence electrons. The maximum Gasteiger partial charge on any atom is 0.234 e. The van der Waals surface area contributed by atoms with E-state index in [-0.39, 0.29) is 5.41 Å². The van der Waals surface area contributed by atoms with Crippen molar-refractivity contribution >= 4 is 109 Å². The van der Waals surface area contributed by atoms with Gasteiger partial charge in [-0.1, -0.05) is 347 Å². The fourth-order valence-corrected chi connectivity index (χ4v) is 22.1. The van der Waals surface area contributed by atoms with E-state index in [1.165, 1.54) is 123 Å². The topological polar surface area (TPSA) is 115 Å². The first-order valence-corrected chi connectivity index (χ1v) is 49.1. The van der Waals surface area contributed by atoms with Crippen molar-refractivity contribution in [2.24, 2.45) is 0 Å². The Morgan fingerprint density at radius 2 is 0.469 bits per heavy atom. The van der Waals surface area contributed by atoms with Crippen LogP contribution in [0.25, 0.3) is 228 Å². The van der Waals surface area contributed by atoms with Crippen molar-refractivity contribution in [1.29, 1.82) is 0 Å². The highest BCUT2D eigenvalue weighted by molar-refractivity contribution is 6.17. The Morgan fingerprint density at radius 1 is 0.182 bits per heavy atom. The van der Waals surface area contributed by atoms with Gasteiger partial charge in [0.2, 0.25) is 5.95 Å². The third-order valence-electron chi connectivity index (χ3n) is 28.8. The van der Waals surface area contributed by atoms with Crippen LogP contribution in [-0.2, 0) is 5.41 Å². The van der Waals surface area contributed by atoms with Gasteiger partial charge in [0.15, 0.2) is 0 Å². The van der Waals surface area contributed by atoms with E-state index in [4.69, 9.17) is 24.9 Å². The predicted octanol–water partition coefficient (Wildman–Crippen LogP) is 32.9. The lowest BCUT2D eigenvalue weighted by molar-refractivity contribution is 0.346. The third-order valence-corrected chi connectivity index (χ3v) is 28.8. The van der Waals surface area contributed by atoms with Crippen molar-refractivity contribution in [2.75, 3.05) is 0 Å². The van der Waals surface area contributed by atoms with Crippen molar-refractivity contribution in [2.45, 2.75) is 37.5 Å². The average molecular weight is 1830 g/mol. The second-order valence-corrected chi connectivity index (χ2v) is 36.9. The molecule has 1 saturated carbocycles. The monoisotopic (exact) mass is 1830 g/mol. The molecule has 0 saturated heterocycles. The molecule has 12 heteroatoms. The van der Waals surface area contributed by atoms with Gasteiger partial charge < -0.3 is 18.3 Å². The van der Waals surface area contributed by atoms with Gasteiger partial charge in [0, 0.05) is 135 Å². The molecule has 1 aliphatic rings. The van der Waals surface area contributed by atoms with Gasteiger partial charge in [-0.3, -0.25) is 14.5 Å². The number of para-hydroxylation sites is 8. The van der Waals surface area contributed by atoms with Crippen molar-refractivity contribution in [3.05, 3.63) is 509 Å². The summed E-state index contributed by atoms with van der Waals surface area (Å²) in [4.78, 5) is 35.0. The predicted molar refractivity (Wildman–Crippen MR) is 589 cm³/mol. The molecule has 0 bridgehead atoms. The Hall–Kier alpha value is -18.7. The van der Waals surface area contributed by atoms with E-state index in [9.17, 15) is 0 Å². The Morgan fingerprint density at radius 3 is 0.818 bits per heavy atom. The average Bonchev–Trinajstić information content (AvgIpc) is 1.54. The molecule has 0 spiro atoms. The summed E-state index contributed by atoms with van der Waals surface area (Å²) in [5, 5.41) is 12.3. The van der Waals surface area contributed by atoms with Gasteiger partial charge >= 0.3 is 0 Å². The lowest BCUT2D eigenvalue weighted by atomic mass is 9.65. The second-order valence-electron chi connectivity index (χ2n) is 36.9. The summed E-state index contributed by atoms with van der Waals surface area (Å²) in [6, 6.07) is 168. The van der Waals surface area contributed by atoms with E-state index in [1.807, 2.05) is 73.3 Å². The molecule has 16 aromatic carbocycles. The van der Waals surface area contributed by atoms with Crippen molar-refractivity contribution < 1.29 is 0 Å². The highest BCUT2D eigenvalue weighted by atomic mass is 15.2. The number of benzene rings is 16. The van der Waals surface area contributed by atoms with Crippen molar-refractivity contribution in [1.82, 2.24) is 57.7 Å². The summed E-state index contributed by atoms with van der Waals surface area (Å²) in [7, 11) is 0. The molecule has 11 aromatic heterocycles. The molecular weight excluding hydrogens is 1740 g/mol. The molecular formula is C131H92N12. The van der Waals surface area contributed by atoms with Gasteiger partial charge in [-0.15, -0.1) is 0 Å². The zero-order valence-electron chi connectivity index (χ0n) is 78.2. The summed E-state index contributed by atoms with van der Waals surface area (Å²) in [5.41, 5.74) is 34.7. The summed E-state index contributed by atoms with van der Waals surface area (Å²) < 4.78 is 11.6. The maximum atomic E-state index is 5.33. The van der Waals surface area contributed by atoms with E-state index < -0.39 is 0 Å². The number of pyridine rings is 5. The Bertz CT molecular complexity index is 8810. The lowest BCUT2D eigenvalue weighted by Crippen LogP contribution is -2.30. The first-order chi connectivity index (χ1) is 70.9. The summed E-state index contributed by atoms with van der Waals surface area (Å²) >= 11 is 0. The molecule has 0 aliphatic heterocycles. The van der Waals surface area contributed by atoms with E-state index in [1.54, 1.807) is 0 Å². The smallest absolute Gasteiger partial charge is 0.234 e. The molecule has 0 amide bonds. The molecule has 11 heterocycles. The third kappa shape index (κ3) is 15.2. The Kier molecular flexibility index (Phi) is 21.6. The Balaban J connectivity index is 0.000000110. The van der Waals surface area contributed by atoms with Crippen LogP contribution in [0.5, 0.6) is 0 Å². The van der Waals surface area contributed by atoms with Crippen LogP contribution in [0.1, 0.15) is 43.2 Å².